The van der Waals surface area contributed by atoms with E-state index in [0.29, 0.717) is 30.3 Å². The first-order chi connectivity index (χ1) is 9.91. The van der Waals surface area contributed by atoms with Crippen molar-refractivity contribution in [3.63, 3.8) is 0 Å². The first-order valence-electron chi connectivity index (χ1n) is 6.69. The molecule has 0 aliphatic carbocycles. The van der Waals surface area contributed by atoms with Crippen LogP contribution in [0.25, 0.3) is 11.1 Å². The van der Waals surface area contributed by atoms with Crippen LogP contribution in [0.3, 0.4) is 0 Å². The molecule has 2 aromatic rings. The highest BCUT2D eigenvalue weighted by Gasteiger charge is 2.19. The molecule has 0 saturated carbocycles. The van der Waals surface area contributed by atoms with Gasteiger partial charge in [-0.1, -0.05) is 13.8 Å². The topological polar surface area (TPSA) is 90.4 Å². The van der Waals surface area contributed by atoms with E-state index in [-0.39, 0.29) is 11.1 Å². The minimum atomic E-state index is -0.455. The standard InChI is InChI=1S/C14H19N3O4/c1-14(2,6-7-20-3)9-15-13-16-11-5-4-10(17(18)19)8-12(11)21-13/h4-5,8H,6-7,9H2,1-3H3,(H,15,16). The zero-order valence-electron chi connectivity index (χ0n) is 12.4. The van der Waals surface area contributed by atoms with Gasteiger partial charge >= 0.3 is 0 Å². The molecule has 7 nitrogen and oxygen atoms in total. The van der Waals surface area contributed by atoms with Gasteiger partial charge in [0.2, 0.25) is 0 Å². The van der Waals surface area contributed by atoms with Gasteiger partial charge in [-0.3, -0.25) is 10.1 Å². The largest absolute Gasteiger partial charge is 0.423 e. The lowest BCUT2D eigenvalue weighted by Gasteiger charge is -2.23. The van der Waals surface area contributed by atoms with E-state index < -0.39 is 4.92 Å². The van der Waals surface area contributed by atoms with Crippen LogP contribution >= 0.6 is 0 Å². The number of aromatic nitrogens is 1. The Bertz CT molecular complexity index is 636. The van der Waals surface area contributed by atoms with Gasteiger partial charge in [-0.15, -0.1) is 0 Å². The number of benzene rings is 1. The summed E-state index contributed by atoms with van der Waals surface area (Å²) in [4.78, 5) is 14.5. The summed E-state index contributed by atoms with van der Waals surface area (Å²) in [6.45, 7) is 5.60. The number of anilines is 1. The summed E-state index contributed by atoms with van der Waals surface area (Å²) in [5.74, 6) is 0. The summed E-state index contributed by atoms with van der Waals surface area (Å²) in [5, 5.41) is 13.9. The third-order valence-corrected chi connectivity index (χ3v) is 3.28. The fourth-order valence-corrected chi connectivity index (χ4v) is 1.88. The predicted octanol–water partition coefficient (Wildman–Crippen LogP) is 3.21. The number of hydrogen-bond donors (Lipinski definition) is 1. The number of nitro benzene ring substituents is 1. The Kier molecular flexibility index (Phi) is 4.42. The monoisotopic (exact) mass is 293 g/mol. The van der Waals surface area contributed by atoms with Gasteiger partial charge in [-0.05, 0) is 17.9 Å². The van der Waals surface area contributed by atoms with Gasteiger partial charge in [0.15, 0.2) is 5.58 Å². The molecule has 1 N–H and O–H groups in total. The average Bonchev–Trinajstić information content (AvgIpc) is 2.85. The maximum Gasteiger partial charge on any atom is 0.295 e. The number of rotatable bonds is 7. The molecule has 0 fully saturated rings. The van der Waals surface area contributed by atoms with Crippen LogP contribution in [-0.4, -0.2) is 30.2 Å². The number of nitro groups is 1. The molecule has 0 unspecified atom stereocenters. The van der Waals surface area contributed by atoms with Gasteiger partial charge in [-0.25, -0.2) is 0 Å². The van der Waals surface area contributed by atoms with Crippen LogP contribution in [0.2, 0.25) is 0 Å². The van der Waals surface area contributed by atoms with E-state index >= 15 is 0 Å². The molecule has 2 rings (SSSR count). The molecule has 0 amide bonds. The minimum Gasteiger partial charge on any atom is -0.423 e. The smallest absolute Gasteiger partial charge is 0.295 e. The highest BCUT2D eigenvalue weighted by molar-refractivity contribution is 5.77. The fraction of sp³-hybridized carbons (Fsp3) is 0.500. The molecule has 1 heterocycles. The van der Waals surface area contributed by atoms with Crippen LogP contribution in [0, 0.1) is 15.5 Å². The van der Waals surface area contributed by atoms with E-state index in [9.17, 15) is 10.1 Å². The Morgan fingerprint density at radius 2 is 2.24 bits per heavy atom. The summed E-state index contributed by atoms with van der Waals surface area (Å²) in [6.07, 6.45) is 0.905. The highest BCUT2D eigenvalue weighted by atomic mass is 16.6. The van der Waals surface area contributed by atoms with Gasteiger partial charge < -0.3 is 14.5 Å². The Morgan fingerprint density at radius 1 is 1.48 bits per heavy atom. The van der Waals surface area contributed by atoms with E-state index in [1.165, 1.54) is 12.1 Å². The molecule has 0 aliphatic rings. The quantitative estimate of drug-likeness (QED) is 0.622. The van der Waals surface area contributed by atoms with Gasteiger partial charge in [-0.2, -0.15) is 4.98 Å². The Balaban J connectivity index is 2.07. The predicted molar refractivity (Wildman–Crippen MR) is 79.4 cm³/mol. The lowest BCUT2D eigenvalue weighted by Crippen LogP contribution is -2.24. The van der Waals surface area contributed by atoms with Crippen molar-refractivity contribution in [2.24, 2.45) is 5.41 Å². The average molecular weight is 293 g/mol. The van der Waals surface area contributed by atoms with E-state index in [2.05, 4.69) is 24.1 Å². The summed E-state index contributed by atoms with van der Waals surface area (Å²) >= 11 is 0. The number of oxazole rings is 1. The van der Waals surface area contributed by atoms with Crippen LogP contribution in [0.15, 0.2) is 22.6 Å². The van der Waals surface area contributed by atoms with E-state index in [1.54, 1.807) is 13.2 Å². The van der Waals surface area contributed by atoms with Crippen molar-refractivity contribution in [3.05, 3.63) is 28.3 Å². The third-order valence-electron chi connectivity index (χ3n) is 3.28. The number of fused-ring (bicyclic) bond motifs is 1. The van der Waals surface area contributed by atoms with E-state index in [0.717, 1.165) is 6.42 Å². The minimum absolute atomic E-state index is 0.00868. The van der Waals surface area contributed by atoms with Crippen LogP contribution in [0.4, 0.5) is 11.7 Å². The van der Waals surface area contributed by atoms with E-state index in [1.807, 2.05) is 0 Å². The zero-order chi connectivity index (χ0) is 15.5. The fourth-order valence-electron chi connectivity index (χ4n) is 1.88. The molecule has 0 spiro atoms. The Labute approximate surface area is 122 Å². The van der Waals surface area contributed by atoms with Gasteiger partial charge in [0, 0.05) is 26.3 Å². The second-order valence-corrected chi connectivity index (χ2v) is 5.69. The summed E-state index contributed by atoms with van der Waals surface area (Å²) in [6, 6.07) is 4.75. The lowest BCUT2D eigenvalue weighted by atomic mass is 9.90. The molecule has 0 saturated heterocycles. The van der Waals surface area contributed by atoms with Crippen LogP contribution in [-0.2, 0) is 4.74 Å². The molecule has 114 valence electrons. The number of hydrogen-bond acceptors (Lipinski definition) is 6. The lowest BCUT2D eigenvalue weighted by molar-refractivity contribution is -0.384. The number of non-ortho nitro benzene ring substituents is 1. The first kappa shape index (κ1) is 15.2. The molecule has 1 aromatic heterocycles. The zero-order valence-corrected chi connectivity index (χ0v) is 12.4. The number of methoxy groups -OCH3 is 1. The van der Waals surface area contributed by atoms with Crippen molar-refractivity contribution in [2.45, 2.75) is 20.3 Å². The van der Waals surface area contributed by atoms with Gasteiger partial charge in [0.05, 0.1) is 11.0 Å². The molecule has 1 aromatic carbocycles. The van der Waals surface area contributed by atoms with Crippen molar-refractivity contribution < 1.29 is 14.1 Å². The molecular formula is C14H19N3O4. The number of nitrogens with zero attached hydrogens (tertiary/aromatic N) is 2. The Morgan fingerprint density at radius 3 is 2.90 bits per heavy atom. The highest BCUT2D eigenvalue weighted by Crippen LogP contribution is 2.25. The van der Waals surface area contributed by atoms with Crippen molar-refractivity contribution in [2.75, 3.05) is 25.6 Å². The van der Waals surface area contributed by atoms with Crippen molar-refractivity contribution in [1.82, 2.24) is 4.98 Å². The molecule has 0 radical (unpaired) electrons. The molecule has 0 bridgehead atoms. The number of ether oxygens (including phenoxy) is 1. The molecule has 0 aliphatic heterocycles. The number of nitrogens with one attached hydrogen (secondary N) is 1. The Hall–Kier alpha value is -2.15. The van der Waals surface area contributed by atoms with Crippen molar-refractivity contribution in [3.8, 4) is 0 Å². The van der Waals surface area contributed by atoms with Crippen molar-refractivity contribution in [1.29, 1.82) is 0 Å². The molecule has 0 atom stereocenters. The third kappa shape index (κ3) is 3.91. The van der Waals surface area contributed by atoms with E-state index in [4.69, 9.17) is 9.15 Å². The molecule has 7 heteroatoms. The normalized spacial score (nSPS) is 11.8. The van der Waals surface area contributed by atoms with Crippen LogP contribution < -0.4 is 5.32 Å². The second kappa shape index (κ2) is 6.09. The SMILES string of the molecule is COCCC(C)(C)CNc1nc2ccc([N+](=O)[O-])cc2o1. The van der Waals surface area contributed by atoms with Gasteiger partial charge in [0.1, 0.15) is 5.52 Å². The van der Waals surface area contributed by atoms with Crippen molar-refractivity contribution >= 4 is 22.8 Å². The molecular weight excluding hydrogens is 274 g/mol. The maximum absolute atomic E-state index is 10.7. The van der Waals surface area contributed by atoms with Crippen LogP contribution in [0.5, 0.6) is 0 Å². The maximum atomic E-state index is 10.7. The summed E-state index contributed by atoms with van der Waals surface area (Å²) in [5.41, 5.74) is 1.02. The molecule has 21 heavy (non-hydrogen) atoms. The van der Waals surface area contributed by atoms with Gasteiger partial charge in [0.25, 0.3) is 11.7 Å². The summed E-state index contributed by atoms with van der Waals surface area (Å²) in [7, 11) is 1.68. The van der Waals surface area contributed by atoms with Crippen LogP contribution in [0.1, 0.15) is 20.3 Å². The second-order valence-electron chi connectivity index (χ2n) is 5.69. The summed E-state index contributed by atoms with van der Waals surface area (Å²) < 4.78 is 10.6. The first-order valence-corrected chi connectivity index (χ1v) is 6.69.